The maximum Gasteiger partial charge on any atom is 0.380 e. The van der Waals surface area contributed by atoms with Crippen LogP contribution in [0.25, 0.3) is 17.0 Å². The number of carbonyl (C=O) groups is 1. The van der Waals surface area contributed by atoms with Crippen molar-refractivity contribution in [2.45, 2.75) is 141 Å². The van der Waals surface area contributed by atoms with E-state index in [-0.39, 0.29) is 35.7 Å². The van der Waals surface area contributed by atoms with Gasteiger partial charge in [-0.1, -0.05) is 145 Å². The fraction of sp³-hybridized carbons (Fsp3) is 0.510. The Kier molecular flexibility index (Phi) is 16.1. The number of rotatable bonds is 16. The SMILES string of the molecule is CB1OC(c2ccccc2)(c2ccccc2)[C@@H]2CCCN12.CCCCCC(O)c1nc2ccccc2cc1/C=C/[C@@H](C)[C@H](CCCC(=O)OC)O[Si](C)(C)C(C)(C)C. The lowest BCUT2D eigenvalue weighted by Crippen LogP contribution is -2.45. The molecule has 0 amide bonds. The molecule has 3 heterocycles. The first-order valence-corrected chi connectivity index (χ1v) is 24.7. The number of fused-ring (bicyclic) bond motifs is 2. The molecule has 0 bridgehead atoms. The number of nitrogens with zero attached hydrogens (tertiary/aromatic N) is 2. The quantitative estimate of drug-likeness (QED) is 0.0686. The maximum absolute atomic E-state index is 11.7. The molecule has 9 heteroatoms. The molecule has 4 atom stereocenters. The molecular weight excluding hydrogens is 735 g/mol. The van der Waals surface area contributed by atoms with Gasteiger partial charge in [0.25, 0.3) is 0 Å². The van der Waals surface area contributed by atoms with Gasteiger partial charge in [0.15, 0.2) is 8.32 Å². The van der Waals surface area contributed by atoms with E-state index in [1.807, 2.05) is 18.2 Å². The number of carbonyl (C=O) groups excluding carboxylic acids is 1. The zero-order valence-electron chi connectivity index (χ0n) is 36.7. The number of aliphatic hydroxyl groups is 1. The molecule has 1 unspecified atom stereocenters. The number of hydrogen-bond acceptors (Lipinski definition) is 7. The van der Waals surface area contributed by atoms with Crippen molar-refractivity contribution in [3.05, 3.63) is 119 Å². The molecule has 1 aromatic heterocycles. The van der Waals surface area contributed by atoms with Crippen LogP contribution in [0, 0.1) is 5.92 Å². The third-order valence-electron chi connectivity index (χ3n) is 12.7. The molecule has 6 rings (SSSR count). The second-order valence-electron chi connectivity index (χ2n) is 17.9. The summed E-state index contributed by atoms with van der Waals surface area (Å²) in [7, 11) is -0.398. The summed E-state index contributed by atoms with van der Waals surface area (Å²) < 4.78 is 18.3. The van der Waals surface area contributed by atoms with E-state index in [0.29, 0.717) is 18.9 Å². The van der Waals surface area contributed by atoms with Crippen LogP contribution in [-0.2, 0) is 24.2 Å². The van der Waals surface area contributed by atoms with Crippen molar-refractivity contribution in [3.8, 4) is 0 Å². The summed E-state index contributed by atoms with van der Waals surface area (Å²) in [6.07, 6.45) is 12.0. The van der Waals surface area contributed by atoms with E-state index in [9.17, 15) is 9.90 Å². The highest BCUT2D eigenvalue weighted by Crippen LogP contribution is 2.49. The maximum atomic E-state index is 11.7. The number of esters is 1. The van der Waals surface area contributed by atoms with E-state index < -0.39 is 14.4 Å². The van der Waals surface area contributed by atoms with Crippen LogP contribution in [0.15, 0.2) is 97.1 Å². The molecular formula is C49H69BN2O5Si. The van der Waals surface area contributed by atoms with Gasteiger partial charge in [-0.05, 0) is 98.3 Å². The molecule has 2 aliphatic rings. The minimum Gasteiger partial charge on any atom is -0.469 e. The summed E-state index contributed by atoms with van der Waals surface area (Å²) in [4.78, 5) is 19.1. The van der Waals surface area contributed by atoms with Crippen molar-refractivity contribution >= 4 is 38.3 Å². The molecule has 3 aromatic carbocycles. The molecule has 4 aromatic rings. The summed E-state index contributed by atoms with van der Waals surface area (Å²) in [5.74, 6) is -0.0541. The van der Waals surface area contributed by atoms with Gasteiger partial charge in [-0.3, -0.25) is 4.79 Å². The third-order valence-corrected chi connectivity index (χ3v) is 17.2. The van der Waals surface area contributed by atoms with Crippen LogP contribution in [0.1, 0.15) is 121 Å². The van der Waals surface area contributed by atoms with E-state index in [2.05, 4.69) is 144 Å². The molecule has 0 spiro atoms. The topological polar surface area (TPSA) is 81.1 Å². The highest BCUT2D eigenvalue weighted by molar-refractivity contribution is 6.74. The Labute approximate surface area is 350 Å². The van der Waals surface area contributed by atoms with E-state index >= 15 is 0 Å². The summed E-state index contributed by atoms with van der Waals surface area (Å²) in [6, 6.07) is 32.1. The largest absolute Gasteiger partial charge is 0.469 e. The number of unbranched alkanes of at least 4 members (excludes halogenated alkanes) is 2. The first-order valence-electron chi connectivity index (χ1n) is 21.8. The Balaban J connectivity index is 0.000000254. The Bertz CT molecular complexity index is 1880. The van der Waals surface area contributed by atoms with Crippen molar-refractivity contribution in [3.63, 3.8) is 0 Å². The monoisotopic (exact) mass is 805 g/mol. The molecule has 2 fully saturated rings. The number of ether oxygens (including phenoxy) is 1. The molecule has 0 saturated carbocycles. The van der Waals surface area contributed by atoms with E-state index in [4.69, 9.17) is 18.8 Å². The highest BCUT2D eigenvalue weighted by Gasteiger charge is 2.56. The predicted molar refractivity (Wildman–Crippen MR) is 243 cm³/mol. The predicted octanol–water partition coefficient (Wildman–Crippen LogP) is 11.8. The first kappa shape index (κ1) is 45.5. The number of aromatic nitrogens is 1. The van der Waals surface area contributed by atoms with Crippen molar-refractivity contribution in [1.29, 1.82) is 0 Å². The average Bonchev–Trinajstić information content (AvgIpc) is 3.82. The smallest absolute Gasteiger partial charge is 0.380 e. The number of aliphatic hydroxyl groups excluding tert-OH is 1. The van der Waals surface area contributed by atoms with Gasteiger partial charge in [0.05, 0.1) is 30.5 Å². The van der Waals surface area contributed by atoms with Crippen LogP contribution in [-0.4, -0.2) is 62.0 Å². The number of hydrogen-bond donors (Lipinski definition) is 1. The van der Waals surface area contributed by atoms with Crippen molar-refractivity contribution < 1.29 is 23.7 Å². The van der Waals surface area contributed by atoms with Crippen LogP contribution in [0.4, 0.5) is 0 Å². The third kappa shape index (κ3) is 11.0. The lowest BCUT2D eigenvalue weighted by atomic mass is 9.79. The Morgan fingerprint density at radius 3 is 2.26 bits per heavy atom. The molecule has 2 aliphatic heterocycles. The number of benzene rings is 3. The second kappa shape index (κ2) is 20.6. The summed E-state index contributed by atoms with van der Waals surface area (Å²) in [5, 5.41) is 12.2. The van der Waals surface area contributed by atoms with Gasteiger partial charge >= 0.3 is 13.0 Å². The molecule has 0 aliphatic carbocycles. The van der Waals surface area contributed by atoms with E-state index in [1.165, 1.54) is 31.1 Å². The molecule has 312 valence electrons. The molecule has 7 nitrogen and oxygen atoms in total. The van der Waals surface area contributed by atoms with E-state index in [0.717, 1.165) is 60.8 Å². The number of para-hydroxylation sites is 1. The minimum absolute atomic E-state index is 0.00635. The number of methoxy groups -OCH3 is 1. The Morgan fingerprint density at radius 1 is 1.00 bits per heavy atom. The molecule has 2 saturated heterocycles. The van der Waals surface area contributed by atoms with Gasteiger partial charge in [0, 0.05) is 17.8 Å². The van der Waals surface area contributed by atoms with Gasteiger partial charge in [-0.2, -0.15) is 0 Å². The van der Waals surface area contributed by atoms with Crippen molar-refractivity contribution in [2.75, 3.05) is 13.7 Å². The molecule has 0 radical (unpaired) electrons. The fourth-order valence-electron chi connectivity index (χ4n) is 8.32. The van der Waals surface area contributed by atoms with Crippen LogP contribution < -0.4 is 0 Å². The lowest BCUT2D eigenvalue weighted by molar-refractivity contribution is -0.140. The van der Waals surface area contributed by atoms with Crippen molar-refractivity contribution in [1.82, 2.24) is 9.79 Å². The summed E-state index contributed by atoms with van der Waals surface area (Å²) in [6.45, 7) is 19.0. The van der Waals surface area contributed by atoms with Crippen LogP contribution in [0.5, 0.6) is 0 Å². The van der Waals surface area contributed by atoms with Gasteiger partial charge in [-0.25, -0.2) is 4.98 Å². The van der Waals surface area contributed by atoms with Gasteiger partial charge < -0.3 is 23.7 Å². The fourth-order valence-corrected chi connectivity index (χ4v) is 9.76. The normalized spacial score (nSPS) is 18.4. The Hall–Kier alpha value is -3.60. The lowest BCUT2D eigenvalue weighted by Gasteiger charge is -2.40. The zero-order valence-corrected chi connectivity index (χ0v) is 37.7. The minimum atomic E-state index is -2.01. The second-order valence-corrected chi connectivity index (χ2v) is 22.6. The molecule has 1 N–H and O–H groups in total. The van der Waals surface area contributed by atoms with Gasteiger partial charge in [0.1, 0.15) is 5.60 Å². The van der Waals surface area contributed by atoms with Crippen LogP contribution in [0.3, 0.4) is 0 Å². The summed E-state index contributed by atoms with van der Waals surface area (Å²) >= 11 is 0. The van der Waals surface area contributed by atoms with E-state index in [1.54, 1.807) is 0 Å². The molecule has 58 heavy (non-hydrogen) atoms. The van der Waals surface area contributed by atoms with Crippen LogP contribution >= 0.6 is 0 Å². The standard InChI is InChI=1S/C31H49NO4Si.C18H20BNO/c1-9-10-11-17-27(33)30-25(22-24-15-12-13-16-26(24)32-30)21-20-23(2)28(18-14-19-29(34)35-6)36-37(7,8)31(3,4)5;1-19-20-14-8-13-17(20)18(21-19,15-9-4-2-5-10-15)16-11-6-3-7-12-16/h12-13,15-16,20-23,27-28,33H,9-11,14,17-19H2,1-8H3;2-7,9-12,17H,8,13-14H2,1H3/b21-20+;/t23-,27?,28+;17-/m10/s1. The first-order chi connectivity index (χ1) is 27.7. The van der Waals surface area contributed by atoms with Gasteiger partial charge in [-0.15, -0.1) is 0 Å². The summed E-state index contributed by atoms with van der Waals surface area (Å²) in [5.41, 5.74) is 4.83. The average molecular weight is 805 g/mol. The zero-order chi connectivity index (χ0) is 41.9. The Morgan fingerprint density at radius 2 is 1.64 bits per heavy atom. The van der Waals surface area contributed by atoms with Crippen LogP contribution in [0.2, 0.25) is 25.0 Å². The highest BCUT2D eigenvalue weighted by atomic mass is 28.4. The van der Waals surface area contributed by atoms with Crippen molar-refractivity contribution in [2.24, 2.45) is 5.92 Å². The number of pyridine rings is 1. The van der Waals surface area contributed by atoms with Gasteiger partial charge in [0.2, 0.25) is 0 Å².